The molecule has 1 unspecified atom stereocenters. The Balaban J connectivity index is 1.91. The first-order chi connectivity index (χ1) is 9.70. The van der Waals surface area contributed by atoms with E-state index in [9.17, 15) is 5.11 Å². The Labute approximate surface area is 124 Å². The average molecular weight is 291 g/mol. The summed E-state index contributed by atoms with van der Waals surface area (Å²) in [6.45, 7) is 5.26. The van der Waals surface area contributed by atoms with Gasteiger partial charge in [0.15, 0.2) is 11.5 Å². The van der Waals surface area contributed by atoms with Gasteiger partial charge in [-0.3, -0.25) is 0 Å². The smallest absolute Gasteiger partial charge is 0.162 e. The molecule has 20 heavy (non-hydrogen) atoms. The molecule has 0 amide bonds. The van der Waals surface area contributed by atoms with Gasteiger partial charge in [-0.2, -0.15) is 0 Å². The molecule has 1 aromatic carbocycles. The van der Waals surface area contributed by atoms with E-state index in [2.05, 4.69) is 29.8 Å². The topological polar surface area (TPSA) is 41.5 Å². The quantitative estimate of drug-likeness (QED) is 0.819. The van der Waals surface area contributed by atoms with Crippen LogP contribution in [0.4, 0.5) is 0 Å². The summed E-state index contributed by atoms with van der Waals surface area (Å²) < 4.78 is 5.39. The van der Waals surface area contributed by atoms with Crippen molar-refractivity contribution in [3.63, 3.8) is 0 Å². The molecule has 1 atom stereocenters. The lowest BCUT2D eigenvalue weighted by Gasteiger charge is -2.15. The van der Waals surface area contributed by atoms with Crippen LogP contribution in [-0.2, 0) is 13.0 Å². The number of hydrogen-bond donors (Lipinski definition) is 2. The van der Waals surface area contributed by atoms with E-state index in [1.807, 2.05) is 19.1 Å². The highest BCUT2D eigenvalue weighted by Crippen LogP contribution is 2.29. The number of benzene rings is 1. The summed E-state index contributed by atoms with van der Waals surface area (Å²) in [5, 5.41) is 15.7. The van der Waals surface area contributed by atoms with Crippen molar-refractivity contribution < 1.29 is 9.84 Å². The first-order valence-electron chi connectivity index (χ1n) is 6.90. The standard InChI is InChI=1S/C16H21NO2S/c1-3-19-15-8-4-6-13(16(15)18)11-17-12(2)10-14-7-5-9-20-14/h4-9,12,17-18H,3,10-11H2,1-2H3. The van der Waals surface area contributed by atoms with Crippen molar-refractivity contribution in [1.29, 1.82) is 0 Å². The summed E-state index contributed by atoms with van der Waals surface area (Å²) in [5.74, 6) is 0.794. The second kappa shape index (κ2) is 7.31. The molecule has 0 radical (unpaired) electrons. The zero-order valence-corrected chi connectivity index (χ0v) is 12.7. The van der Waals surface area contributed by atoms with Crippen molar-refractivity contribution in [2.75, 3.05) is 6.61 Å². The average Bonchev–Trinajstić information content (AvgIpc) is 2.93. The van der Waals surface area contributed by atoms with Crippen LogP contribution in [-0.4, -0.2) is 17.8 Å². The fourth-order valence-corrected chi connectivity index (χ4v) is 2.90. The maximum atomic E-state index is 10.1. The number of hydrogen-bond acceptors (Lipinski definition) is 4. The lowest BCUT2D eigenvalue weighted by Crippen LogP contribution is -2.27. The van der Waals surface area contributed by atoms with Gasteiger partial charge in [-0.05, 0) is 37.8 Å². The minimum atomic E-state index is 0.241. The highest BCUT2D eigenvalue weighted by Gasteiger charge is 2.09. The van der Waals surface area contributed by atoms with Gasteiger partial charge in [0, 0.05) is 23.0 Å². The monoisotopic (exact) mass is 291 g/mol. The molecule has 0 bridgehead atoms. The molecule has 3 nitrogen and oxygen atoms in total. The summed E-state index contributed by atoms with van der Waals surface area (Å²) in [5.41, 5.74) is 0.869. The summed E-state index contributed by atoms with van der Waals surface area (Å²) >= 11 is 1.78. The highest BCUT2D eigenvalue weighted by molar-refractivity contribution is 7.09. The number of thiophene rings is 1. The molecule has 2 rings (SSSR count). The second-order valence-corrected chi connectivity index (χ2v) is 5.79. The van der Waals surface area contributed by atoms with Gasteiger partial charge in [-0.1, -0.05) is 18.2 Å². The zero-order chi connectivity index (χ0) is 14.4. The van der Waals surface area contributed by atoms with Crippen molar-refractivity contribution in [1.82, 2.24) is 5.32 Å². The van der Waals surface area contributed by atoms with E-state index in [-0.39, 0.29) is 5.75 Å². The van der Waals surface area contributed by atoms with Crippen molar-refractivity contribution in [2.45, 2.75) is 32.9 Å². The third kappa shape index (κ3) is 3.99. The normalized spacial score (nSPS) is 12.3. The minimum absolute atomic E-state index is 0.241. The number of phenolic OH excluding ortho intramolecular Hbond substituents is 1. The van der Waals surface area contributed by atoms with Crippen LogP contribution in [0.15, 0.2) is 35.7 Å². The predicted octanol–water partition coefficient (Wildman–Crippen LogP) is 3.57. The van der Waals surface area contributed by atoms with Crippen LogP contribution in [0, 0.1) is 0 Å². The number of rotatable bonds is 7. The molecule has 0 aliphatic heterocycles. The van der Waals surface area contributed by atoms with Crippen LogP contribution in [0.3, 0.4) is 0 Å². The van der Waals surface area contributed by atoms with Gasteiger partial charge in [0.25, 0.3) is 0 Å². The number of nitrogens with one attached hydrogen (secondary N) is 1. The Morgan fingerprint density at radius 2 is 2.15 bits per heavy atom. The van der Waals surface area contributed by atoms with E-state index < -0.39 is 0 Å². The Hall–Kier alpha value is -1.52. The molecule has 4 heteroatoms. The fourth-order valence-electron chi connectivity index (χ4n) is 2.07. The minimum Gasteiger partial charge on any atom is -0.504 e. The molecule has 0 saturated carbocycles. The zero-order valence-electron chi connectivity index (χ0n) is 11.9. The SMILES string of the molecule is CCOc1cccc(CNC(C)Cc2cccs2)c1O. The fraction of sp³-hybridized carbons (Fsp3) is 0.375. The van der Waals surface area contributed by atoms with Gasteiger partial charge in [-0.25, -0.2) is 0 Å². The van der Waals surface area contributed by atoms with Crippen LogP contribution in [0.25, 0.3) is 0 Å². The molecule has 0 aliphatic rings. The maximum Gasteiger partial charge on any atom is 0.162 e. The molecule has 108 valence electrons. The third-order valence-corrected chi connectivity index (χ3v) is 4.01. The summed E-state index contributed by atoms with van der Waals surface area (Å²) in [4.78, 5) is 1.37. The van der Waals surface area contributed by atoms with Crippen molar-refractivity contribution in [3.8, 4) is 11.5 Å². The Morgan fingerprint density at radius 3 is 2.85 bits per heavy atom. The van der Waals surface area contributed by atoms with Crippen LogP contribution in [0.1, 0.15) is 24.3 Å². The van der Waals surface area contributed by atoms with Crippen molar-refractivity contribution in [2.24, 2.45) is 0 Å². The molecule has 0 spiro atoms. The Morgan fingerprint density at radius 1 is 1.30 bits per heavy atom. The van der Waals surface area contributed by atoms with Gasteiger partial charge in [0.05, 0.1) is 6.61 Å². The highest BCUT2D eigenvalue weighted by atomic mass is 32.1. The first kappa shape index (κ1) is 14.9. The third-order valence-electron chi connectivity index (χ3n) is 3.11. The number of ether oxygens (including phenoxy) is 1. The molecular weight excluding hydrogens is 270 g/mol. The summed E-state index contributed by atoms with van der Waals surface area (Å²) in [7, 11) is 0. The van der Waals surface area contributed by atoms with Crippen LogP contribution in [0.2, 0.25) is 0 Å². The predicted molar refractivity (Wildman–Crippen MR) is 83.6 cm³/mol. The van der Waals surface area contributed by atoms with Crippen molar-refractivity contribution in [3.05, 3.63) is 46.2 Å². The molecule has 1 aromatic heterocycles. The number of phenols is 1. The molecule has 2 aromatic rings. The van der Waals surface area contributed by atoms with E-state index in [0.29, 0.717) is 24.9 Å². The first-order valence-corrected chi connectivity index (χ1v) is 7.78. The van der Waals surface area contributed by atoms with Gasteiger partial charge in [-0.15, -0.1) is 11.3 Å². The van der Waals surface area contributed by atoms with E-state index in [1.165, 1.54) is 4.88 Å². The van der Waals surface area contributed by atoms with Crippen molar-refractivity contribution >= 4 is 11.3 Å². The summed E-state index contributed by atoms with van der Waals surface area (Å²) in [6, 6.07) is 10.2. The number of aromatic hydroxyl groups is 1. The van der Waals surface area contributed by atoms with E-state index in [4.69, 9.17) is 4.74 Å². The van der Waals surface area contributed by atoms with E-state index in [1.54, 1.807) is 17.4 Å². The molecule has 2 N–H and O–H groups in total. The summed E-state index contributed by atoms with van der Waals surface area (Å²) in [6.07, 6.45) is 1.00. The lowest BCUT2D eigenvalue weighted by molar-refractivity contribution is 0.316. The molecule has 0 aliphatic carbocycles. The Kier molecular flexibility index (Phi) is 5.44. The van der Waals surface area contributed by atoms with Crippen LogP contribution >= 0.6 is 11.3 Å². The van der Waals surface area contributed by atoms with Crippen LogP contribution < -0.4 is 10.1 Å². The maximum absolute atomic E-state index is 10.1. The van der Waals surface area contributed by atoms with Gasteiger partial charge in [0.2, 0.25) is 0 Å². The molecule has 0 saturated heterocycles. The lowest BCUT2D eigenvalue weighted by atomic mass is 10.1. The second-order valence-electron chi connectivity index (χ2n) is 4.76. The van der Waals surface area contributed by atoms with Gasteiger partial charge in [0.1, 0.15) is 0 Å². The Bertz CT molecular complexity index is 525. The molecule has 1 heterocycles. The number of para-hydroxylation sites is 1. The van der Waals surface area contributed by atoms with E-state index >= 15 is 0 Å². The van der Waals surface area contributed by atoms with Gasteiger partial charge >= 0.3 is 0 Å². The molecular formula is C16H21NO2S. The van der Waals surface area contributed by atoms with Gasteiger partial charge < -0.3 is 15.2 Å². The van der Waals surface area contributed by atoms with E-state index in [0.717, 1.165) is 12.0 Å². The van der Waals surface area contributed by atoms with Crippen LogP contribution in [0.5, 0.6) is 11.5 Å². The molecule has 0 fully saturated rings. The largest absolute Gasteiger partial charge is 0.504 e.